The highest BCUT2D eigenvalue weighted by Crippen LogP contribution is 2.18. The third-order valence-corrected chi connectivity index (χ3v) is 4.35. The Labute approximate surface area is 144 Å². The average Bonchev–Trinajstić information content (AvgIpc) is 2.95. The number of carbonyl (C=O) groups excluding carboxylic acids is 1. The topological polar surface area (TPSA) is 32.3 Å². The van der Waals surface area contributed by atoms with Crippen molar-refractivity contribution < 1.29 is 4.79 Å². The van der Waals surface area contributed by atoms with Gasteiger partial charge in [-0.25, -0.2) is 0 Å². The van der Waals surface area contributed by atoms with E-state index in [9.17, 15) is 4.79 Å². The molecule has 1 aromatic carbocycles. The molecule has 2 rings (SSSR count). The van der Waals surface area contributed by atoms with Crippen LogP contribution in [0.5, 0.6) is 0 Å². The summed E-state index contributed by atoms with van der Waals surface area (Å²) in [6.07, 6.45) is 2.83. The quantitative estimate of drug-likeness (QED) is 0.848. The number of nitrogens with zero attached hydrogens (tertiary/aromatic N) is 1. The van der Waals surface area contributed by atoms with Gasteiger partial charge in [0.2, 0.25) is 5.91 Å². The van der Waals surface area contributed by atoms with E-state index >= 15 is 0 Å². The Morgan fingerprint density at radius 3 is 2.82 bits per heavy atom. The Balaban J connectivity index is 0.00000242. The maximum atomic E-state index is 12.5. The van der Waals surface area contributed by atoms with Crippen molar-refractivity contribution >= 4 is 29.9 Å². The molecular weight excluding hydrogens is 319 g/mol. The van der Waals surface area contributed by atoms with Crippen LogP contribution in [0.25, 0.3) is 0 Å². The zero-order valence-electron chi connectivity index (χ0n) is 13.3. The summed E-state index contributed by atoms with van der Waals surface area (Å²) in [6, 6.07) is 7.96. The van der Waals surface area contributed by atoms with Crippen molar-refractivity contribution in [2.24, 2.45) is 5.92 Å². The predicted molar refractivity (Wildman–Crippen MR) is 94.6 cm³/mol. The summed E-state index contributed by atoms with van der Waals surface area (Å²) in [7, 11) is 0. The zero-order valence-corrected chi connectivity index (χ0v) is 14.9. The fourth-order valence-corrected chi connectivity index (χ4v) is 3.04. The van der Waals surface area contributed by atoms with E-state index in [1.165, 1.54) is 6.42 Å². The lowest BCUT2D eigenvalue weighted by Crippen LogP contribution is -2.36. The summed E-state index contributed by atoms with van der Waals surface area (Å²) in [6.45, 7) is 6.93. The van der Waals surface area contributed by atoms with E-state index in [1.807, 2.05) is 29.2 Å². The summed E-state index contributed by atoms with van der Waals surface area (Å²) < 4.78 is 0. The normalized spacial score (nSPS) is 17.4. The van der Waals surface area contributed by atoms with Crippen molar-refractivity contribution in [3.63, 3.8) is 0 Å². The van der Waals surface area contributed by atoms with Gasteiger partial charge in [0.1, 0.15) is 0 Å². The van der Waals surface area contributed by atoms with Crippen molar-refractivity contribution in [3.05, 3.63) is 34.9 Å². The Kier molecular flexibility index (Phi) is 8.23. The highest BCUT2D eigenvalue weighted by molar-refractivity contribution is 6.30. The van der Waals surface area contributed by atoms with Gasteiger partial charge < -0.3 is 10.2 Å². The van der Waals surface area contributed by atoms with Gasteiger partial charge in [0.15, 0.2) is 0 Å². The molecule has 5 heteroatoms. The molecule has 1 aliphatic rings. The molecule has 1 fully saturated rings. The van der Waals surface area contributed by atoms with E-state index in [2.05, 4.69) is 19.2 Å². The van der Waals surface area contributed by atoms with Crippen LogP contribution in [-0.4, -0.2) is 29.9 Å². The molecule has 0 radical (unpaired) electrons. The molecule has 22 heavy (non-hydrogen) atoms. The monoisotopic (exact) mass is 344 g/mol. The number of nitrogens with one attached hydrogen (secondary N) is 1. The van der Waals surface area contributed by atoms with Crippen molar-refractivity contribution in [2.45, 2.75) is 45.7 Å². The second-order valence-corrected chi connectivity index (χ2v) is 6.58. The lowest BCUT2D eigenvalue weighted by molar-refractivity contribution is -0.133. The van der Waals surface area contributed by atoms with Crippen molar-refractivity contribution in [1.82, 2.24) is 10.2 Å². The molecule has 1 N–H and O–H groups in total. The van der Waals surface area contributed by atoms with E-state index < -0.39 is 0 Å². The summed E-state index contributed by atoms with van der Waals surface area (Å²) >= 11 is 6.02. The van der Waals surface area contributed by atoms with Crippen LogP contribution in [0, 0.1) is 5.92 Å². The summed E-state index contributed by atoms with van der Waals surface area (Å²) in [4.78, 5) is 14.5. The lowest BCUT2D eigenvalue weighted by atomic mass is 10.0. The van der Waals surface area contributed by atoms with E-state index in [1.54, 1.807) is 0 Å². The molecule has 0 bridgehead atoms. The van der Waals surface area contributed by atoms with Crippen LogP contribution in [0.4, 0.5) is 0 Å². The lowest BCUT2D eigenvalue weighted by Gasteiger charge is -2.27. The molecule has 1 heterocycles. The molecule has 3 nitrogen and oxygen atoms in total. The van der Waals surface area contributed by atoms with Gasteiger partial charge in [-0.2, -0.15) is 0 Å². The maximum absolute atomic E-state index is 12.5. The van der Waals surface area contributed by atoms with Crippen LogP contribution in [0.1, 0.15) is 38.7 Å². The number of benzene rings is 1. The molecule has 1 unspecified atom stereocenters. The molecule has 0 aromatic heterocycles. The van der Waals surface area contributed by atoms with Crippen LogP contribution < -0.4 is 5.32 Å². The zero-order chi connectivity index (χ0) is 15.2. The molecule has 1 atom stereocenters. The smallest absolute Gasteiger partial charge is 0.223 e. The van der Waals surface area contributed by atoms with Crippen LogP contribution in [-0.2, 0) is 11.3 Å². The summed E-state index contributed by atoms with van der Waals surface area (Å²) in [5.41, 5.74) is 1.09. The van der Waals surface area contributed by atoms with E-state index in [0.29, 0.717) is 18.9 Å². The van der Waals surface area contributed by atoms with Gasteiger partial charge in [-0.15, -0.1) is 12.4 Å². The standard InChI is InChI=1S/C17H25ClN2O.ClH/c1-13(2)20(12-15-4-3-5-16(18)10-15)17(21)7-6-14-8-9-19-11-14;/h3-5,10,13-14,19H,6-9,11-12H2,1-2H3;1H. The van der Waals surface area contributed by atoms with Gasteiger partial charge in [-0.3, -0.25) is 4.79 Å². The minimum absolute atomic E-state index is 0. The molecule has 1 aliphatic heterocycles. The van der Waals surface area contributed by atoms with E-state index in [4.69, 9.17) is 11.6 Å². The fourth-order valence-electron chi connectivity index (χ4n) is 2.82. The Morgan fingerprint density at radius 2 is 2.23 bits per heavy atom. The fraction of sp³-hybridized carbons (Fsp3) is 0.588. The Morgan fingerprint density at radius 1 is 1.45 bits per heavy atom. The van der Waals surface area contributed by atoms with E-state index in [0.717, 1.165) is 30.1 Å². The Hall–Kier alpha value is -0.770. The third-order valence-electron chi connectivity index (χ3n) is 4.11. The molecule has 0 saturated carbocycles. The van der Waals surface area contributed by atoms with Crippen LogP contribution >= 0.6 is 24.0 Å². The van der Waals surface area contributed by atoms with Gasteiger partial charge in [-0.1, -0.05) is 23.7 Å². The highest BCUT2D eigenvalue weighted by Gasteiger charge is 2.20. The highest BCUT2D eigenvalue weighted by atomic mass is 35.5. The second-order valence-electron chi connectivity index (χ2n) is 6.14. The average molecular weight is 345 g/mol. The van der Waals surface area contributed by atoms with Gasteiger partial charge in [0.25, 0.3) is 0 Å². The molecule has 0 spiro atoms. The molecule has 0 aliphatic carbocycles. The molecule has 124 valence electrons. The third kappa shape index (κ3) is 5.79. The van der Waals surface area contributed by atoms with Gasteiger partial charge in [0, 0.05) is 24.0 Å². The molecule has 1 amide bonds. The Bertz CT molecular complexity index is 473. The molecule has 1 aromatic rings. The number of hydrogen-bond acceptors (Lipinski definition) is 2. The largest absolute Gasteiger partial charge is 0.336 e. The molecular formula is C17H26Cl2N2O. The number of amides is 1. The van der Waals surface area contributed by atoms with Crippen molar-refractivity contribution in [2.75, 3.05) is 13.1 Å². The number of hydrogen-bond donors (Lipinski definition) is 1. The first-order valence-corrected chi connectivity index (χ1v) is 8.18. The summed E-state index contributed by atoms with van der Waals surface area (Å²) in [5.74, 6) is 0.908. The van der Waals surface area contributed by atoms with Gasteiger partial charge >= 0.3 is 0 Å². The second kappa shape index (κ2) is 9.39. The first-order valence-electron chi connectivity index (χ1n) is 7.81. The van der Waals surface area contributed by atoms with Crippen molar-refractivity contribution in [3.8, 4) is 0 Å². The van der Waals surface area contributed by atoms with Crippen LogP contribution in [0.15, 0.2) is 24.3 Å². The van der Waals surface area contributed by atoms with E-state index in [-0.39, 0.29) is 24.4 Å². The maximum Gasteiger partial charge on any atom is 0.223 e. The predicted octanol–water partition coefficient (Wildman–Crippen LogP) is 3.89. The van der Waals surface area contributed by atoms with Crippen LogP contribution in [0.2, 0.25) is 5.02 Å². The molecule has 1 saturated heterocycles. The number of halogens is 2. The number of rotatable bonds is 6. The first kappa shape index (κ1) is 19.3. The van der Waals surface area contributed by atoms with Crippen LogP contribution in [0.3, 0.4) is 0 Å². The minimum atomic E-state index is 0. The van der Waals surface area contributed by atoms with Gasteiger partial charge in [0.05, 0.1) is 0 Å². The first-order chi connectivity index (χ1) is 10.1. The SMILES string of the molecule is CC(C)N(Cc1cccc(Cl)c1)C(=O)CCC1CCNC1.Cl. The van der Waals surface area contributed by atoms with Gasteiger partial charge in [-0.05, 0) is 63.4 Å². The van der Waals surface area contributed by atoms with Crippen molar-refractivity contribution in [1.29, 1.82) is 0 Å². The number of carbonyl (C=O) groups is 1. The summed E-state index contributed by atoms with van der Waals surface area (Å²) in [5, 5.41) is 4.08. The minimum Gasteiger partial charge on any atom is -0.336 e.